The Balaban J connectivity index is 2.82. The van der Waals surface area contributed by atoms with E-state index in [-0.39, 0.29) is 0 Å². The predicted octanol–water partition coefficient (Wildman–Crippen LogP) is 4.35. The number of unbranched alkanes of at least 4 members (excludes halogenated alkanes) is 1. The van der Waals surface area contributed by atoms with Gasteiger partial charge in [-0.3, -0.25) is 0 Å². The topological polar surface area (TPSA) is 28.2 Å². The van der Waals surface area contributed by atoms with Crippen LogP contribution in [0, 0.1) is 6.92 Å². The number of hydrogen-bond donors (Lipinski definition) is 1. The van der Waals surface area contributed by atoms with Crippen LogP contribution >= 0.6 is 11.3 Å². The molecule has 0 aliphatic rings. The Kier molecular flexibility index (Phi) is 7.52. The van der Waals surface area contributed by atoms with Crippen LogP contribution in [0.4, 0.5) is 5.13 Å². The summed E-state index contributed by atoms with van der Waals surface area (Å²) in [5.74, 6) is 0. The molecule has 1 rings (SSSR count). The highest BCUT2D eigenvalue weighted by atomic mass is 32.1. The zero-order chi connectivity index (χ0) is 15.1. The Labute approximate surface area is 128 Å². The minimum atomic E-state index is 0.519. The molecule has 0 saturated heterocycles. The van der Waals surface area contributed by atoms with E-state index in [2.05, 4.69) is 51.8 Å². The Morgan fingerprint density at radius 3 is 2.50 bits per heavy atom. The van der Waals surface area contributed by atoms with Crippen molar-refractivity contribution < 1.29 is 0 Å². The molecule has 1 unspecified atom stereocenters. The monoisotopic (exact) mass is 297 g/mol. The minimum Gasteiger partial charge on any atom is -0.345 e. The zero-order valence-electron chi connectivity index (χ0n) is 14.0. The van der Waals surface area contributed by atoms with Crippen LogP contribution in [0.15, 0.2) is 0 Å². The van der Waals surface area contributed by atoms with Crippen LogP contribution in [0.25, 0.3) is 0 Å². The lowest BCUT2D eigenvalue weighted by Crippen LogP contribution is -2.33. The number of nitrogens with zero attached hydrogens (tertiary/aromatic N) is 2. The van der Waals surface area contributed by atoms with Crippen LogP contribution in [0.1, 0.15) is 64.5 Å². The number of aryl methyl sites for hydroxylation is 1. The Hall–Kier alpha value is -0.610. The quantitative estimate of drug-likeness (QED) is 0.734. The Morgan fingerprint density at radius 2 is 1.95 bits per heavy atom. The molecule has 0 fully saturated rings. The summed E-state index contributed by atoms with van der Waals surface area (Å²) < 4.78 is 0. The van der Waals surface area contributed by atoms with Crippen LogP contribution in [0.5, 0.6) is 0 Å². The summed E-state index contributed by atoms with van der Waals surface area (Å²) in [6, 6.07) is 1.09. The first-order valence-electron chi connectivity index (χ1n) is 7.95. The van der Waals surface area contributed by atoms with E-state index in [0.717, 1.165) is 13.1 Å². The smallest absolute Gasteiger partial charge is 0.186 e. The molecule has 3 nitrogen and oxygen atoms in total. The van der Waals surface area contributed by atoms with E-state index < -0.39 is 0 Å². The average molecular weight is 298 g/mol. The lowest BCUT2D eigenvalue weighted by atomic mass is 10.2. The number of hydrogen-bond acceptors (Lipinski definition) is 4. The summed E-state index contributed by atoms with van der Waals surface area (Å²) in [6.07, 6.45) is 3.64. The van der Waals surface area contributed by atoms with E-state index in [1.165, 1.54) is 35.0 Å². The van der Waals surface area contributed by atoms with Gasteiger partial charge in [0.15, 0.2) is 5.13 Å². The standard InChI is InChI=1S/C16H31N3S/c1-7-9-10-19(13(5)8-2)16-18-14(6)15(20-16)11-17-12(3)4/h12-13,17H,7-11H2,1-6H3. The average Bonchev–Trinajstić information content (AvgIpc) is 2.77. The third-order valence-corrected chi connectivity index (χ3v) is 4.87. The van der Waals surface area contributed by atoms with Crippen molar-refractivity contribution in [3.63, 3.8) is 0 Å². The van der Waals surface area contributed by atoms with Gasteiger partial charge in [0.2, 0.25) is 0 Å². The second-order valence-electron chi connectivity index (χ2n) is 5.84. The molecule has 0 aliphatic heterocycles. The Morgan fingerprint density at radius 1 is 1.25 bits per heavy atom. The van der Waals surface area contributed by atoms with Crippen LogP contribution in [-0.2, 0) is 6.54 Å². The molecule has 20 heavy (non-hydrogen) atoms. The molecule has 0 aromatic carbocycles. The fourth-order valence-corrected chi connectivity index (χ4v) is 3.19. The van der Waals surface area contributed by atoms with Gasteiger partial charge in [0.05, 0.1) is 5.69 Å². The lowest BCUT2D eigenvalue weighted by Gasteiger charge is -2.28. The molecular weight excluding hydrogens is 266 g/mol. The molecular formula is C16H31N3S. The third kappa shape index (κ3) is 5.06. The van der Waals surface area contributed by atoms with Gasteiger partial charge in [0.1, 0.15) is 0 Å². The third-order valence-electron chi connectivity index (χ3n) is 3.67. The van der Waals surface area contributed by atoms with Crippen LogP contribution < -0.4 is 10.2 Å². The molecule has 1 atom stereocenters. The van der Waals surface area contributed by atoms with Gasteiger partial charge in [-0.05, 0) is 26.7 Å². The molecule has 0 saturated carbocycles. The highest BCUT2D eigenvalue weighted by molar-refractivity contribution is 7.15. The van der Waals surface area contributed by atoms with E-state index >= 15 is 0 Å². The molecule has 0 aliphatic carbocycles. The fourth-order valence-electron chi connectivity index (χ4n) is 2.05. The van der Waals surface area contributed by atoms with E-state index in [1.54, 1.807) is 0 Å². The van der Waals surface area contributed by atoms with Gasteiger partial charge < -0.3 is 10.2 Å². The Bertz CT molecular complexity index is 387. The van der Waals surface area contributed by atoms with Gasteiger partial charge in [-0.1, -0.05) is 34.1 Å². The first-order valence-corrected chi connectivity index (χ1v) is 8.77. The largest absolute Gasteiger partial charge is 0.345 e. The summed E-state index contributed by atoms with van der Waals surface area (Å²) in [6.45, 7) is 15.4. The van der Waals surface area contributed by atoms with Gasteiger partial charge in [-0.2, -0.15) is 0 Å². The van der Waals surface area contributed by atoms with Crippen molar-refractivity contribution in [1.29, 1.82) is 0 Å². The molecule has 1 aromatic heterocycles. The second-order valence-corrected chi connectivity index (χ2v) is 6.91. The number of thiazole rings is 1. The maximum Gasteiger partial charge on any atom is 0.186 e. The molecule has 1 aromatic rings. The van der Waals surface area contributed by atoms with E-state index in [9.17, 15) is 0 Å². The van der Waals surface area contributed by atoms with Crippen molar-refractivity contribution in [3.8, 4) is 0 Å². The SMILES string of the molecule is CCCCN(c1nc(C)c(CNC(C)C)s1)C(C)CC. The molecule has 0 amide bonds. The minimum absolute atomic E-state index is 0.519. The molecule has 116 valence electrons. The van der Waals surface area contributed by atoms with Crippen molar-refractivity contribution in [2.45, 2.75) is 79.4 Å². The molecule has 0 spiro atoms. The van der Waals surface area contributed by atoms with Crippen LogP contribution in [0.2, 0.25) is 0 Å². The number of rotatable bonds is 9. The number of anilines is 1. The van der Waals surface area contributed by atoms with Crippen molar-refractivity contribution in [2.24, 2.45) is 0 Å². The first kappa shape index (κ1) is 17.4. The normalized spacial score (nSPS) is 12.9. The van der Waals surface area contributed by atoms with Crippen molar-refractivity contribution in [1.82, 2.24) is 10.3 Å². The molecule has 4 heteroatoms. The van der Waals surface area contributed by atoms with Gasteiger partial charge in [0.25, 0.3) is 0 Å². The number of aromatic nitrogens is 1. The first-order chi connectivity index (χ1) is 9.49. The molecule has 1 heterocycles. The number of nitrogens with one attached hydrogen (secondary N) is 1. The molecule has 0 radical (unpaired) electrons. The van der Waals surface area contributed by atoms with Crippen molar-refractivity contribution >= 4 is 16.5 Å². The molecule has 0 bridgehead atoms. The van der Waals surface area contributed by atoms with Gasteiger partial charge in [-0.15, -0.1) is 11.3 Å². The van der Waals surface area contributed by atoms with E-state index in [4.69, 9.17) is 4.98 Å². The lowest BCUT2D eigenvalue weighted by molar-refractivity contribution is 0.591. The fraction of sp³-hybridized carbons (Fsp3) is 0.812. The maximum absolute atomic E-state index is 4.82. The maximum atomic E-state index is 4.82. The van der Waals surface area contributed by atoms with E-state index in [0.29, 0.717) is 12.1 Å². The summed E-state index contributed by atoms with van der Waals surface area (Å²) in [5.41, 5.74) is 1.18. The van der Waals surface area contributed by atoms with Crippen LogP contribution in [-0.4, -0.2) is 23.6 Å². The highest BCUT2D eigenvalue weighted by Gasteiger charge is 2.18. The summed E-state index contributed by atoms with van der Waals surface area (Å²) in [7, 11) is 0. The van der Waals surface area contributed by atoms with Gasteiger partial charge in [-0.25, -0.2) is 4.98 Å². The summed E-state index contributed by atoms with van der Waals surface area (Å²) in [5, 5.41) is 4.69. The van der Waals surface area contributed by atoms with Gasteiger partial charge in [0, 0.05) is 30.1 Å². The summed E-state index contributed by atoms with van der Waals surface area (Å²) >= 11 is 1.86. The van der Waals surface area contributed by atoms with Crippen LogP contribution in [0.3, 0.4) is 0 Å². The zero-order valence-corrected chi connectivity index (χ0v) is 14.8. The van der Waals surface area contributed by atoms with E-state index in [1.807, 2.05) is 11.3 Å². The molecule has 1 N–H and O–H groups in total. The van der Waals surface area contributed by atoms with Crippen molar-refractivity contribution in [2.75, 3.05) is 11.4 Å². The second kappa shape index (κ2) is 8.63. The highest BCUT2D eigenvalue weighted by Crippen LogP contribution is 2.28. The predicted molar refractivity (Wildman–Crippen MR) is 90.8 cm³/mol. The summed E-state index contributed by atoms with van der Waals surface area (Å²) in [4.78, 5) is 8.68. The van der Waals surface area contributed by atoms with Gasteiger partial charge >= 0.3 is 0 Å². The van der Waals surface area contributed by atoms with Crippen molar-refractivity contribution in [3.05, 3.63) is 10.6 Å².